The summed E-state index contributed by atoms with van der Waals surface area (Å²) in [6, 6.07) is 0. The van der Waals surface area contributed by atoms with Gasteiger partial charge < -0.3 is 15.5 Å². The third kappa shape index (κ3) is 8.24. The number of nitrogens with one attached hydrogen (secondary N) is 2. The summed E-state index contributed by atoms with van der Waals surface area (Å²) in [6.45, 7) is 8.25. The molecule has 1 saturated heterocycles. The number of nitrogens with zero attached hydrogens (tertiary/aromatic N) is 2. The number of piperidine rings is 1. The van der Waals surface area contributed by atoms with Gasteiger partial charge in [0.1, 0.15) is 0 Å². The van der Waals surface area contributed by atoms with Crippen LogP contribution in [0.15, 0.2) is 4.99 Å². The maximum atomic E-state index is 4.28. The first kappa shape index (κ1) is 19.0. The number of hydrogen-bond acceptors (Lipinski definition) is 2. The molecule has 0 aromatic heterocycles. The number of likely N-dealkylation sites (tertiary alicyclic amines) is 1. The van der Waals surface area contributed by atoms with Gasteiger partial charge in [0.25, 0.3) is 0 Å². The van der Waals surface area contributed by atoms with Crippen LogP contribution in [0.5, 0.6) is 0 Å². The average molecular weight is 408 g/mol. The van der Waals surface area contributed by atoms with Crippen LogP contribution in [0.2, 0.25) is 0 Å². The molecule has 4 nitrogen and oxygen atoms in total. The van der Waals surface area contributed by atoms with Gasteiger partial charge in [0.05, 0.1) is 0 Å². The third-order valence-electron chi connectivity index (χ3n) is 4.59. The van der Waals surface area contributed by atoms with Gasteiger partial charge in [-0.25, -0.2) is 0 Å². The Morgan fingerprint density at radius 3 is 2.38 bits per heavy atom. The van der Waals surface area contributed by atoms with E-state index in [0.717, 1.165) is 30.9 Å². The second kappa shape index (κ2) is 10.6. The van der Waals surface area contributed by atoms with E-state index in [9.17, 15) is 0 Å². The Morgan fingerprint density at radius 1 is 1.10 bits per heavy atom. The molecule has 0 spiro atoms. The van der Waals surface area contributed by atoms with Gasteiger partial charge >= 0.3 is 0 Å². The summed E-state index contributed by atoms with van der Waals surface area (Å²) in [4.78, 5) is 6.88. The molecular weight excluding hydrogens is 375 g/mol. The van der Waals surface area contributed by atoms with Gasteiger partial charge in [0, 0.05) is 20.1 Å². The third-order valence-corrected chi connectivity index (χ3v) is 4.59. The predicted octanol–water partition coefficient (Wildman–Crippen LogP) is 2.69. The molecule has 0 bridgehead atoms. The molecule has 5 heteroatoms. The Labute approximate surface area is 147 Å². The Bertz CT molecular complexity index is 297. The number of hydrogen-bond donors (Lipinski definition) is 2. The van der Waals surface area contributed by atoms with Gasteiger partial charge in [-0.3, -0.25) is 4.99 Å². The lowest BCUT2D eigenvalue weighted by Gasteiger charge is -2.30. The van der Waals surface area contributed by atoms with Gasteiger partial charge in [-0.15, -0.1) is 24.0 Å². The second-order valence-corrected chi connectivity index (χ2v) is 6.54. The van der Waals surface area contributed by atoms with Crippen LogP contribution in [0.4, 0.5) is 0 Å². The van der Waals surface area contributed by atoms with E-state index in [0.29, 0.717) is 0 Å². The van der Waals surface area contributed by atoms with Crippen molar-refractivity contribution in [2.24, 2.45) is 16.8 Å². The smallest absolute Gasteiger partial charge is 0.190 e. The Morgan fingerprint density at radius 2 is 1.76 bits per heavy atom. The van der Waals surface area contributed by atoms with Gasteiger partial charge in [-0.2, -0.15) is 0 Å². The fourth-order valence-corrected chi connectivity index (χ4v) is 2.82. The van der Waals surface area contributed by atoms with Crippen molar-refractivity contribution in [1.82, 2.24) is 15.5 Å². The fraction of sp³-hybridized carbons (Fsp3) is 0.938. The van der Waals surface area contributed by atoms with Crippen LogP contribution in [-0.2, 0) is 0 Å². The lowest BCUT2D eigenvalue weighted by molar-refractivity contribution is 0.191. The van der Waals surface area contributed by atoms with E-state index in [-0.39, 0.29) is 24.0 Å². The van der Waals surface area contributed by atoms with E-state index in [4.69, 9.17) is 0 Å². The summed E-state index contributed by atoms with van der Waals surface area (Å²) in [5.74, 6) is 2.89. The van der Waals surface area contributed by atoms with Crippen molar-refractivity contribution in [3.63, 3.8) is 0 Å². The minimum Gasteiger partial charge on any atom is -0.356 e. The van der Waals surface area contributed by atoms with Crippen LogP contribution in [0.25, 0.3) is 0 Å². The summed E-state index contributed by atoms with van der Waals surface area (Å²) in [5, 5.41) is 6.83. The quantitative estimate of drug-likeness (QED) is 0.295. The molecule has 124 valence electrons. The SMILES string of the molecule is CN=C(NCCCN1CCC(C)CC1)NCCC1CC1.I. The van der Waals surface area contributed by atoms with Gasteiger partial charge in [-0.1, -0.05) is 19.8 Å². The molecule has 1 heterocycles. The van der Waals surface area contributed by atoms with E-state index in [2.05, 4.69) is 27.4 Å². The highest BCUT2D eigenvalue weighted by Gasteiger charge is 2.20. The Hall–Kier alpha value is -0.0400. The molecule has 0 aromatic rings. The van der Waals surface area contributed by atoms with Crippen molar-refractivity contribution in [2.45, 2.75) is 45.4 Å². The zero-order valence-electron chi connectivity index (χ0n) is 13.7. The monoisotopic (exact) mass is 408 g/mol. The number of rotatable bonds is 7. The highest BCUT2D eigenvalue weighted by Crippen LogP contribution is 2.31. The van der Waals surface area contributed by atoms with Crippen molar-refractivity contribution in [1.29, 1.82) is 0 Å². The first-order valence-corrected chi connectivity index (χ1v) is 8.45. The first-order valence-electron chi connectivity index (χ1n) is 8.45. The van der Waals surface area contributed by atoms with Gasteiger partial charge in [-0.05, 0) is 57.2 Å². The van der Waals surface area contributed by atoms with Crippen LogP contribution in [0.1, 0.15) is 45.4 Å². The van der Waals surface area contributed by atoms with Crippen LogP contribution in [0, 0.1) is 11.8 Å². The lowest BCUT2D eigenvalue weighted by Crippen LogP contribution is -2.40. The molecule has 1 saturated carbocycles. The van der Waals surface area contributed by atoms with Crippen LogP contribution < -0.4 is 10.6 Å². The fourth-order valence-electron chi connectivity index (χ4n) is 2.82. The Kier molecular flexibility index (Phi) is 9.64. The van der Waals surface area contributed by atoms with Crippen LogP contribution >= 0.6 is 24.0 Å². The van der Waals surface area contributed by atoms with E-state index >= 15 is 0 Å². The molecular formula is C16H33IN4. The average Bonchev–Trinajstić information content (AvgIpc) is 3.27. The summed E-state index contributed by atoms with van der Waals surface area (Å²) >= 11 is 0. The molecule has 2 N–H and O–H groups in total. The molecule has 1 aliphatic carbocycles. The predicted molar refractivity (Wildman–Crippen MR) is 102 cm³/mol. The van der Waals surface area contributed by atoms with Gasteiger partial charge in [0.2, 0.25) is 0 Å². The summed E-state index contributed by atoms with van der Waals surface area (Å²) < 4.78 is 0. The topological polar surface area (TPSA) is 39.7 Å². The zero-order valence-corrected chi connectivity index (χ0v) is 16.1. The molecule has 0 atom stereocenters. The normalized spacial score (nSPS) is 21.0. The van der Waals surface area contributed by atoms with E-state index in [1.807, 2.05) is 7.05 Å². The largest absolute Gasteiger partial charge is 0.356 e. The highest BCUT2D eigenvalue weighted by molar-refractivity contribution is 14.0. The lowest BCUT2D eigenvalue weighted by atomic mass is 9.99. The van der Waals surface area contributed by atoms with E-state index in [1.165, 1.54) is 58.2 Å². The number of aliphatic imine (C=N–C) groups is 1. The second-order valence-electron chi connectivity index (χ2n) is 6.54. The van der Waals surface area contributed by atoms with Crippen molar-refractivity contribution in [3.05, 3.63) is 0 Å². The Balaban J connectivity index is 0.00000220. The molecule has 2 fully saturated rings. The van der Waals surface area contributed by atoms with Crippen molar-refractivity contribution in [3.8, 4) is 0 Å². The highest BCUT2D eigenvalue weighted by atomic mass is 127. The molecule has 0 amide bonds. The molecule has 1 aliphatic heterocycles. The molecule has 2 aliphatic rings. The van der Waals surface area contributed by atoms with Crippen LogP contribution in [0.3, 0.4) is 0 Å². The number of halogens is 1. The van der Waals surface area contributed by atoms with E-state index in [1.54, 1.807) is 0 Å². The van der Waals surface area contributed by atoms with Crippen molar-refractivity contribution in [2.75, 3.05) is 39.8 Å². The first-order chi connectivity index (χ1) is 9.78. The van der Waals surface area contributed by atoms with Gasteiger partial charge in [0.15, 0.2) is 5.96 Å². The minimum atomic E-state index is 0. The summed E-state index contributed by atoms with van der Waals surface area (Å²) in [5.41, 5.74) is 0. The standard InChI is InChI=1S/C16H32N4.HI/c1-14-7-12-20(13-8-14)11-3-9-18-16(17-2)19-10-6-15-4-5-15;/h14-15H,3-13H2,1-2H3,(H2,17,18,19);1H. The number of guanidine groups is 1. The molecule has 21 heavy (non-hydrogen) atoms. The van der Waals surface area contributed by atoms with Crippen molar-refractivity contribution < 1.29 is 0 Å². The maximum absolute atomic E-state index is 4.28. The summed E-state index contributed by atoms with van der Waals surface area (Å²) in [7, 11) is 1.86. The van der Waals surface area contributed by atoms with Crippen molar-refractivity contribution >= 4 is 29.9 Å². The zero-order chi connectivity index (χ0) is 14.2. The molecule has 2 rings (SSSR count). The molecule has 0 aromatic carbocycles. The molecule has 0 unspecified atom stereocenters. The maximum Gasteiger partial charge on any atom is 0.190 e. The minimum absolute atomic E-state index is 0. The summed E-state index contributed by atoms with van der Waals surface area (Å²) in [6.07, 6.45) is 8.12. The molecule has 0 radical (unpaired) electrons. The van der Waals surface area contributed by atoms with Crippen LogP contribution in [-0.4, -0.2) is 50.6 Å². The van der Waals surface area contributed by atoms with E-state index < -0.39 is 0 Å².